The predicted molar refractivity (Wildman–Crippen MR) is 96.4 cm³/mol. The van der Waals surface area contributed by atoms with Crippen molar-refractivity contribution in [1.82, 2.24) is 4.57 Å². The van der Waals surface area contributed by atoms with Crippen molar-refractivity contribution in [2.24, 2.45) is 0 Å². The maximum absolute atomic E-state index is 3.47. The first-order chi connectivity index (χ1) is 10.2. The highest BCUT2D eigenvalue weighted by Crippen LogP contribution is 2.19. The van der Waals surface area contributed by atoms with Crippen molar-refractivity contribution in [3.8, 4) is 12.0 Å². The highest BCUT2D eigenvalue weighted by molar-refractivity contribution is 9.11. The number of benzene rings is 1. The van der Waals surface area contributed by atoms with Crippen LogP contribution >= 0.6 is 31.9 Å². The lowest BCUT2D eigenvalue weighted by molar-refractivity contribution is 0.667. The Kier molecular flexibility index (Phi) is 6.60. The van der Waals surface area contributed by atoms with E-state index in [0.29, 0.717) is 0 Å². The first kappa shape index (κ1) is 16.4. The fourth-order valence-corrected chi connectivity index (χ4v) is 3.19. The maximum Gasteiger partial charge on any atom is 0.0981 e. The quantitative estimate of drug-likeness (QED) is 0.422. The maximum atomic E-state index is 3.47. The van der Waals surface area contributed by atoms with Crippen LogP contribution in [0.2, 0.25) is 0 Å². The van der Waals surface area contributed by atoms with Crippen LogP contribution in [0, 0.1) is 12.0 Å². The summed E-state index contributed by atoms with van der Waals surface area (Å²) in [6.45, 7) is 2.24. The van der Waals surface area contributed by atoms with Gasteiger partial charge in [-0.2, -0.15) is 0 Å². The van der Waals surface area contributed by atoms with Gasteiger partial charge in [-0.05, 0) is 80.5 Å². The molecule has 0 fully saturated rings. The van der Waals surface area contributed by atoms with E-state index in [4.69, 9.17) is 0 Å². The smallest absolute Gasteiger partial charge is 0.0981 e. The number of aromatic nitrogens is 1. The van der Waals surface area contributed by atoms with Crippen LogP contribution in [-0.2, 0) is 6.42 Å². The van der Waals surface area contributed by atoms with Gasteiger partial charge in [0.2, 0.25) is 0 Å². The van der Waals surface area contributed by atoms with Crippen LogP contribution in [0.25, 0.3) is 0 Å². The predicted octanol–water partition coefficient (Wildman–Crippen LogP) is 5.99. The van der Waals surface area contributed by atoms with E-state index in [1.807, 2.05) is 16.7 Å². The summed E-state index contributed by atoms with van der Waals surface area (Å²) in [6, 6.07) is 15.7. The fraction of sp³-hybridized carbons (Fsp3) is 0.333. The monoisotopic (exact) mass is 407 g/mol. The summed E-state index contributed by atoms with van der Waals surface area (Å²) in [6.07, 6.45) is 6.40. The van der Waals surface area contributed by atoms with Gasteiger partial charge in [-0.3, -0.25) is 4.57 Å². The zero-order valence-corrected chi connectivity index (χ0v) is 15.4. The van der Waals surface area contributed by atoms with E-state index in [0.717, 1.165) is 14.8 Å². The van der Waals surface area contributed by atoms with Gasteiger partial charge in [-0.25, -0.2) is 0 Å². The van der Waals surface area contributed by atoms with Crippen LogP contribution in [0.4, 0.5) is 0 Å². The molecule has 0 spiro atoms. The molecule has 1 aromatic heterocycles. The number of nitrogens with zero attached hydrogens (tertiary/aromatic N) is 1. The molecule has 1 aromatic carbocycles. The van der Waals surface area contributed by atoms with Crippen LogP contribution in [0.3, 0.4) is 0 Å². The molecule has 0 N–H and O–H groups in total. The minimum atomic E-state index is 0.953. The number of unbranched alkanes of at least 4 members (excludes halogenated alkanes) is 3. The second kappa shape index (κ2) is 8.46. The summed E-state index contributed by atoms with van der Waals surface area (Å²) in [4.78, 5) is 0. The van der Waals surface area contributed by atoms with Gasteiger partial charge >= 0.3 is 0 Å². The summed E-state index contributed by atoms with van der Waals surface area (Å²) in [5.41, 5.74) is 2.44. The van der Waals surface area contributed by atoms with Crippen LogP contribution in [0.5, 0.6) is 0 Å². The molecule has 21 heavy (non-hydrogen) atoms. The minimum absolute atomic E-state index is 0.953. The molecule has 1 heterocycles. The molecular formula is C18H19Br2N. The van der Waals surface area contributed by atoms with Crippen molar-refractivity contribution in [2.45, 2.75) is 39.0 Å². The number of aryl methyl sites for hydroxylation is 1. The third-order valence-electron chi connectivity index (χ3n) is 3.37. The normalized spacial score (nSPS) is 10.2. The van der Waals surface area contributed by atoms with Crippen molar-refractivity contribution in [3.63, 3.8) is 0 Å². The second-order valence-electron chi connectivity index (χ2n) is 5.06. The summed E-state index contributed by atoms with van der Waals surface area (Å²) < 4.78 is 3.78. The molecule has 0 atom stereocenters. The van der Waals surface area contributed by atoms with E-state index in [1.165, 1.54) is 37.7 Å². The molecule has 0 aliphatic heterocycles. The van der Waals surface area contributed by atoms with Crippen molar-refractivity contribution in [3.05, 3.63) is 56.7 Å². The zero-order chi connectivity index (χ0) is 15.1. The Balaban J connectivity index is 1.97. The first-order valence-corrected chi connectivity index (χ1v) is 8.93. The molecule has 0 saturated heterocycles. The van der Waals surface area contributed by atoms with Crippen molar-refractivity contribution in [1.29, 1.82) is 0 Å². The van der Waals surface area contributed by atoms with Crippen LogP contribution < -0.4 is 0 Å². The Morgan fingerprint density at radius 1 is 0.905 bits per heavy atom. The summed E-state index contributed by atoms with van der Waals surface area (Å²) in [7, 11) is 0. The van der Waals surface area contributed by atoms with E-state index in [9.17, 15) is 0 Å². The molecule has 0 unspecified atom stereocenters. The van der Waals surface area contributed by atoms with Crippen molar-refractivity contribution in [2.75, 3.05) is 0 Å². The standard InChI is InChI=1S/C18H19Br2N/c1-2-3-4-5-6-15-7-9-16(10-8-15)13-14-21-17(19)11-12-18(21)20/h7-12H,2-6H2,1H3. The molecule has 0 bridgehead atoms. The van der Waals surface area contributed by atoms with E-state index >= 15 is 0 Å². The lowest BCUT2D eigenvalue weighted by Gasteiger charge is -2.01. The highest BCUT2D eigenvalue weighted by atomic mass is 79.9. The van der Waals surface area contributed by atoms with Gasteiger partial charge in [0.15, 0.2) is 0 Å². The Morgan fingerprint density at radius 2 is 1.57 bits per heavy atom. The Hall–Kier alpha value is -0.980. The molecule has 0 radical (unpaired) electrons. The van der Waals surface area contributed by atoms with E-state index in [2.05, 4.69) is 75.0 Å². The molecule has 0 aliphatic carbocycles. The lowest BCUT2D eigenvalue weighted by atomic mass is 10.0. The molecule has 0 saturated carbocycles. The van der Waals surface area contributed by atoms with Crippen molar-refractivity contribution >= 4 is 31.9 Å². The van der Waals surface area contributed by atoms with Gasteiger partial charge in [-0.1, -0.05) is 38.3 Å². The average Bonchev–Trinajstić information content (AvgIpc) is 2.82. The molecule has 1 nitrogen and oxygen atoms in total. The van der Waals surface area contributed by atoms with Crippen LogP contribution in [0.15, 0.2) is 45.6 Å². The van der Waals surface area contributed by atoms with Gasteiger partial charge in [0.1, 0.15) is 0 Å². The fourth-order valence-electron chi connectivity index (χ4n) is 2.13. The van der Waals surface area contributed by atoms with E-state index in [1.54, 1.807) is 0 Å². The number of halogens is 2. The van der Waals surface area contributed by atoms with Gasteiger partial charge in [0.25, 0.3) is 0 Å². The molecule has 3 heteroatoms. The van der Waals surface area contributed by atoms with Crippen LogP contribution in [0.1, 0.15) is 43.7 Å². The molecule has 0 aliphatic rings. The molecule has 110 valence electrons. The van der Waals surface area contributed by atoms with E-state index < -0.39 is 0 Å². The Labute approximate surface area is 144 Å². The summed E-state index contributed by atoms with van der Waals surface area (Å²) in [5.74, 6) is 3.19. The number of rotatable bonds is 5. The third kappa shape index (κ3) is 5.05. The Morgan fingerprint density at radius 3 is 2.19 bits per heavy atom. The SMILES string of the molecule is CCCCCCc1ccc(C#Cn2c(Br)ccc2Br)cc1. The highest BCUT2D eigenvalue weighted by Gasteiger charge is 1.99. The topological polar surface area (TPSA) is 4.93 Å². The summed E-state index contributed by atoms with van der Waals surface area (Å²) in [5, 5.41) is 0. The summed E-state index contributed by atoms with van der Waals surface area (Å²) >= 11 is 6.95. The third-order valence-corrected chi connectivity index (χ3v) is 4.61. The van der Waals surface area contributed by atoms with E-state index in [-0.39, 0.29) is 0 Å². The van der Waals surface area contributed by atoms with Gasteiger partial charge < -0.3 is 0 Å². The number of hydrogen-bond donors (Lipinski definition) is 0. The molecular weight excluding hydrogens is 390 g/mol. The Bertz CT molecular complexity index is 610. The van der Waals surface area contributed by atoms with Gasteiger partial charge in [0.05, 0.1) is 9.21 Å². The largest absolute Gasteiger partial charge is 0.256 e. The lowest BCUT2D eigenvalue weighted by Crippen LogP contribution is -1.89. The molecule has 2 rings (SSSR count). The molecule has 0 amide bonds. The van der Waals surface area contributed by atoms with Gasteiger partial charge in [0, 0.05) is 11.6 Å². The average molecular weight is 409 g/mol. The second-order valence-corrected chi connectivity index (χ2v) is 6.68. The van der Waals surface area contributed by atoms with Crippen molar-refractivity contribution < 1.29 is 0 Å². The zero-order valence-electron chi connectivity index (χ0n) is 12.2. The minimum Gasteiger partial charge on any atom is -0.256 e. The molecule has 2 aromatic rings. The first-order valence-electron chi connectivity index (χ1n) is 7.34. The van der Waals surface area contributed by atoms with Crippen LogP contribution in [-0.4, -0.2) is 4.57 Å². The van der Waals surface area contributed by atoms with Gasteiger partial charge in [-0.15, -0.1) is 0 Å². The number of hydrogen-bond acceptors (Lipinski definition) is 0.